The Balaban J connectivity index is 2.01. The molecule has 4 heteroatoms. The van der Waals surface area contributed by atoms with Gasteiger partial charge in [-0.1, -0.05) is 13.8 Å². The highest BCUT2D eigenvalue weighted by molar-refractivity contribution is 7.10. The van der Waals surface area contributed by atoms with Crippen molar-refractivity contribution in [3.8, 4) is 17.0 Å². The van der Waals surface area contributed by atoms with E-state index in [1.54, 1.807) is 11.3 Å². The minimum atomic E-state index is 0.265. The third kappa shape index (κ3) is 4.67. The van der Waals surface area contributed by atoms with Gasteiger partial charge < -0.3 is 4.74 Å². The molecule has 0 spiro atoms. The van der Waals surface area contributed by atoms with E-state index >= 15 is 0 Å². The molecule has 1 heterocycles. The summed E-state index contributed by atoms with van der Waals surface area (Å²) in [5.41, 5.74) is 1.99. The minimum absolute atomic E-state index is 0.265. The second-order valence-corrected chi connectivity index (χ2v) is 5.91. The topological polar surface area (TPSA) is 39.2 Å². The third-order valence-corrected chi connectivity index (χ3v) is 3.90. The fourth-order valence-electron chi connectivity index (χ4n) is 2.00. The maximum atomic E-state index is 11.7. The zero-order chi connectivity index (χ0) is 15.1. The molecule has 0 amide bonds. The molecule has 0 fully saturated rings. The molecule has 0 aliphatic rings. The molecule has 0 aliphatic heterocycles. The average Bonchev–Trinajstić information content (AvgIpc) is 2.94. The molecule has 0 bridgehead atoms. The molecule has 1 aromatic carbocycles. The lowest BCUT2D eigenvalue weighted by molar-refractivity contribution is -0.118. The number of Topliss-reactive ketones (excluding diaryl/α,β-unsaturated/α-hetero) is 1. The molecule has 0 aliphatic carbocycles. The number of aromatic nitrogens is 1. The van der Waals surface area contributed by atoms with Crippen LogP contribution in [0.5, 0.6) is 5.75 Å². The highest BCUT2D eigenvalue weighted by atomic mass is 32.1. The Morgan fingerprint density at radius 3 is 2.62 bits per heavy atom. The van der Waals surface area contributed by atoms with Gasteiger partial charge >= 0.3 is 0 Å². The molecule has 0 N–H and O–H groups in total. The van der Waals surface area contributed by atoms with E-state index < -0.39 is 0 Å². The molecule has 3 nitrogen and oxygen atoms in total. The number of ether oxygens (including phenoxy) is 1. The van der Waals surface area contributed by atoms with Gasteiger partial charge in [-0.05, 0) is 37.1 Å². The van der Waals surface area contributed by atoms with Crippen LogP contribution in [0.1, 0.15) is 38.1 Å². The van der Waals surface area contributed by atoms with Crippen molar-refractivity contribution in [3.63, 3.8) is 0 Å². The molecule has 21 heavy (non-hydrogen) atoms. The van der Waals surface area contributed by atoms with E-state index in [4.69, 9.17) is 4.74 Å². The predicted molar refractivity (Wildman–Crippen MR) is 87.0 cm³/mol. The van der Waals surface area contributed by atoms with Crippen LogP contribution in [0.25, 0.3) is 11.3 Å². The van der Waals surface area contributed by atoms with E-state index in [2.05, 4.69) is 11.9 Å². The van der Waals surface area contributed by atoms with Crippen molar-refractivity contribution in [2.24, 2.45) is 0 Å². The molecule has 2 aromatic rings. The average molecular weight is 303 g/mol. The molecule has 0 saturated carbocycles. The zero-order valence-corrected chi connectivity index (χ0v) is 13.4. The number of hydrogen-bond acceptors (Lipinski definition) is 4. The van der Waals surface area contributed by atoms with Crippen molar-refractivity contribution < 1.29 is 9.53 Å². The van der Waals surface area contributed by atoms with Gasteiger partial charge in [-0.15, -0.1) is 11.3 Å². The van der Waals surface area contributed by atoms with Gasteiger partial charge in [0.05, 0.1) is 18.7 Å². The predicted octanol–water partition coefficient (Wildman–Crippen LogP) is 4.51. The first-order chi connectivity index (χ1) is 10.2. The Hall–Kier alpha value is -1.68. The van der Waals surface area contributed by atoms with Gasteiger partial charge in [0.15, 0.2) is 0 Å². The number of carbonyl (C=O) groups excluding carboxylic acids is 1. The highest BCUT2D eigenvalue weighted by Crippen LogP contribution is 2.24. The fraction of sp³-hybridized carbons (Fsp3) is 0.412. The number of hydrogen-bond donors (Lipinski definition) is 0. The number of ketones is 1. The zero-order valence-electron chi connectivity index (χ0n) is 12.6. The lowest BCUT2D eigenvalue weighted by Gasteiger charge is -2.04. The number of carbonyl (C=O) groups is 1. The van der Waals surface area contributed by atoms with Crippen LogP contribution in [0.15, 0.2) is 29.6 Å². The summed E-state index contributed by atoms with van der Waals surface area (Å²) >= 11 is 1.55. The van der Waals surface area contributed by atoms with Crippen LogP contribution in [0.4, 0.5) is 0 Å². The Kier molecular flexibility index (Phi) is 5.93. The van der Waals surface area contributed by atoms with Crippen LogP contribution in [0.3, 0.4) is 0 Å². The van der Waals surface area contributed by atoms with E-state index in [1.165, 1.54) is 0 Å². The SMILES string of the molecule is CCCOc1ccc(-c2csc(CC(=O)CCC)n2)cc1. The summed E-state index contributed by atoms with van der Waals surface area (Å²) in [6.45, 7) is 4.85. The largest absolute Gasteiger partial charge is 0.494 e. The van der Waals surface area contributed by atoms with Crippen molar-refractivity contribution >= 4 is 17.1 Å². The molecule has 1 aromatic heterocycles. The second-order valence-electron chi connectivity index (χ2n) is 4.96. The molecule has 0 unspecified atom stereocenters. The van der Waals surface area contributed by atoms with Crippen LogP contribution >= 0.6 is 11.3 Å². The van der Waals surface area contributed by atoms with Gasteiger partial charge in [0, 0.05) is 17.4 Å². The van der Waals surface area contributed by atoms with Gasteiger partial charge in [0.2, 0.25) is 0 Å². The molecule has 0 atom stereocenters. The Bertz CT molecular complexity index is 575. The Morgan fingerprint density at radius 1 is 1.19 bits per heavy atom. The van der Waals surface area contributed by atoms with Gasteiger partial charge in [-0.2, -0.15) is 0 Å². The van der Waals surface area contributed by atoms with E-state index in [1.807, 2.05) is 36.6 Å². The third-order valence-electron chi connectivity index (χ3n) is 3.05. The lowest BCUT2D eigenvalue weighted by atomic mass is 10.1. The summed E-state index contributed by atoms with van der Waals surface area (Å²) in [4.78, 5) is 16.2. The fourth-order valence-corrected chi connectivity index (χ4v) is 2.83. The molecular weight excluding hydrogens is 282 g/mol. The number of rotatable bonds is 8. The number of thiazole rings is 1. The molecule has 112 valence electrons. The van der Waals surface area contributed by atoms with E-state index in [9.17, 15) is 4.79 Å². The van der Waals surface area contributed by atoms with Crippen LogP contribution < -0.4 is 4.74 Å². The van der Waals surface area contributed by atoms with Gasteiger partial charge in [0.1, 0.15) is 16.5 Å². The quantitative estimate of drug-likeness (QED) is 0.720. The Morgan fingerprint density at radius 2 is 1.95 bits per heavy atom. The van der Waals surface area contributed by atoms with E-state index in [-0.39, 0.29) is 5.78 Å². The summed E-state index contributed by atoms with van der Waals surface area (Å²) < 4.78 is 5.57. The maximum absolute atomic E-state index is 11.7. The normalized spacial score (nSPS) is 10.6. The summed E-state index contributed by atoms with van der Waals surface area (Å²) in [6, 6.07) is 7.95. The standard InChI is InChI=1S/C17H21NO2S/c1-3-5-14(19)11-17-18-16(12-21-17)13-6-8-15(9-7-13)20-10-4-2/h6-9,12H,3-5,10-11H2,1-2H3. The minimum Gasteiger partial charge on any atom is -0.494 e. The molecule has 0 radical (unpaired) electrons. The van der Waals surface area contributed by atoms with Crippen molar-refractivity contribution in [2.45, 2.75) is 39.5 Å². The van der Waals surface area contributed by atoms with Crippen molar-refractivity contribution in [2.75, 3.05) is 6.61 Å². The highest BCUT2D eigenvalue weighted by Gasteiger charge is 2.08. The van der Waals surface area contributed by atoms with Gasteiger partial charge in [-0.25, -0.2) is 4.98 Å². The van der Waals surface area contributed by atoms with Gasteiger partial charge in [0.25, 0.3) is 0 Å². The first kappa shape index (κ1) is 15.7. The Labute approximate surface area is 130 Å². The second kappa shape index (κ2) is 7.93. The van der Waals surface area contributed by atoms with Crippen LogP contribution in [0, 0.1) is 0 Å². The molecular formula is C17H21NO2S. The van der Waals surface area contributed by atoms with Gasteiger partial charge in [-0.3, -0.25) is 4.79 Å². The lowest BCUT2D eigenvalue weighted by Crippen LogP contribution is -2.01. The summed E-state index contributed by atoms with van der Waals surface area (Å²) in [7, 11) is 0. The number of nitrogens with zero attached hydrogens (tertiary/aromatic N) is 1. The monoisotopic (exact) mass is 303 g/mol. The van der Waals surface area contributed by atoms with Crippen LogP contribution in [0.2, 0.25) is 0 Å². The first-order valence-corrected chi connectivity index (χ1v) is 8.30. The van der Waals surface area contributed by atoms with Crippen molar-refractivity contribution in [1.82, 2.24) is 4.98 Å². The smallest absolute Gasteiger partial charge is 0.139 e. The van der Waals surface area contributed by atoms with Crippen LogP contribution in [-0.4, -0.2) is 17.4 Å². The van der Waals surface area contributed by atoms with Crippen molar-refractivity contribution in [3.05, 3.63) is 34.7 Å². The summed E-state index contributed by atoms with van der Waals surface area (Å²) in [5, 5.41) is 2.91. The van der Waals surface area contributed by atoms with Crippen molar-refractivity contribution in [1.29, 1.82) is 0 Å². The van der Waals surface area contributed by atoms with E-state index in [0.717, 1.165) is 41.5 Å². The van der Waals surface area contributed by atoms with E-state index in [0.29, 0.717) is 12.8 Å². The molecule has 0 saturated heterocycles. The maximum Gasteiger partial charge on any atom is 0.139 e. The summed E-state index contributed by atoms with van der Waals surface area (Å²) in [6.07, 6.45) is 2.99. The summed E-state index contributed by atoms with van der Waals surface area (Å²) in [5.74, 6) is 1.15. The molecule has 2 rings (SSSR count). The first-order valence-electron chi connectivity index (χ1n) is 7.42. The van der Waals surface area contributed by atoms with Crippen LogP contribution in [-0.2, 0) is 11.2 Å². The number of benzene rings is 1.